The second-order valence-corrected chi connectivity index (χ2v) is 6.92. The van der Waals surface area contributed by atoms with Crippen LogP contribution in [0.5, 0.6) is 0 Å². The first kappa shape index (κ1) is 15.9. The van der Waals surface area contributed by atoms with Crippen LogP contribution in [0.3, 0.4) is 0 Å². The van der Waals surface area contributed by atoms with E-state index in [0.29, 0.717) is 4.96 Å². The zero-order valence-corrected chi connectivity index (χ0v) is 13.8. The molecule has 0 saturated heterocycles. The molecule has 3 aromatic rings. The van der Waals surface area contributed by atoms with E-state index >= 15 is 0 Å². The summed E-state index contributed by atoms with van der Waals surface area (Å²) in [5.74, 6) is -2.78. The second kappa shape index (κ2) is 6.03. The summed E-state index contributed by atoms with van der Waals surface area (Å²) in [5.41, 5.74) is 0.421. The lowest BCUT2D eigenvalue weighted by Gasteiger charge is -2.10. The van der Waals surface area contributed by atoms with E-state index in [2.05, 4.69) is 10.3 Å². The topological polar surface area (TPSA) is 63.5 Å². The third-order valence-corrected chi connectivity index (χ3v) is 5.38. The molecule has 128 valence electrons. The highest BCUT2D eigenvalue weighted by Crippen LogP contribution is 2.28. The van der Waals surface area contributed by atoms with E-state index < -0.39 is 23.1 Å². The van der Waals surface area contributed by atoms with Crippen molar-refractivity contribution in [3.8, 4) is 0 Å². The Hall–Kier alpha value is -2.61. The Morgan fingerprint density at radius 1 is 1.20 bits per heavy atom. The van der Waals surface area contributed by atoms with Crippen molar-refractivity contribution in [1.82, 2.24) is 9.38 Å². The molecule has 25 heavy (non-hydrogen) atoms. The van der Waals surface area contributed by atoms with Gasteiger partial charge in [0, 0.05) is 28.5 Å². The molecule has 1 aliphatic rings. The number of aromatic nitrogens is 2. The molecule has 0 fully saturated rings. The van der Waals surface area contributed by atoms with Gasteiger partial charge < -0.3 is 5.32 Å². The molecule has 0 radical (unpaired) electrons. The van der Waals surface area contributed by atoms with Crippen molar-refractivity contribution in [2.24, 2.45) is 0 Å². The monoisotopic (exact) mass is 361 g/mol. The highest BCUT2D eigenvalue weighted by atomic mass is 32.1. The Morgan fingerprint density at radius 3 is 2.80 bits per heavy atom. The lowest BCUT2D eigenvalue weighted by atomic mass is 10.0. The number of nitrogens with one attached hydrogen (secondary N) is 1. The Balaban J connectivity index is 1.73. The van der Waals surface area contributed by atoms with E-state index in [4.69, 9.17) is 0 Å². The first-order valence-electron chi connectivity index (χ1n) is 7.83. The molecule has 8 heteroatoms. The lowest BCUT2D eigenvalue weighted by molar-refractivity contribution is 0.102. The van der Waals surface area contributed by atoms with Gasteiger partial charge in [-0.15, -0.1) is 11.3 Å². The van der Waals surface area contributed by atoms with Crippen LogP contribution in [0.4, 0.5) is 14.5 Å². The summed E-state index contributed by atoms with van der Waals surface area (Å²) in [7, 11) is 0. The van der Waals surface area contributed by atoms with Gasteiger partial charge in [0.1, 0.15) is 5.56 Å². The quantitative estimate of drug-likeness (QED) is 0.763. The number of carbonyl (C=O) groups excluding carboxylic acids is 1. The molecule has 4 rings (SSSR count). The van der Waals surface area contributed by atoms with Gasteiger partial charge in [-0.05, 0) is 37.8 Å². The SMILES string of the molecule is O=C(Nc1ccc(F)c(F)c1)c1cnc2sc3c(n2c1=O)CCCC3. The zero-order chi connectivity index (χ0) is 17.6. The van der Waals surface area contributed by atoms with Crippen molar-refractivity contribution in [1.29, 1.82) is 0 Å². The highest BCUT2D eigenvalue weighted by molar-refractivity contribution is 7.17. The standard InChI is InChI=1S/C17H13F2N3O2S/c18-11-6-5-9(7-12(11)19)21-15(23)10-8-20-17-22(16(10)24)13-3-1-2-4-14(13)25-17/h5-8H,1-4H2,(H,21,23). The van der Waals surface area contributed by atoms with Gasteiger partial charge in [-0.2, -0.15) is 0 Å². The van der Waals surface area contributed by atoms with Crippen LogP contribution >= 0.6 is 11.3 Å². The highest BCUT2D eigenvalue weighted by Gasteiger charge is 2.21. The van der Waals surface area contributed by atoms with Crippen LogP contribution in [0.1, 0.15) is 33.8 Å². The van der Waals surface area contributed by atoms with Gasteiger partial charge in [0.05, 0.1) is 0 Å². The van der Waals surface area contributed by atoms with E-state index in [0.717, 1.165) is 48.4 Å². The van der Waals surface area contributed by atoms with Crippen molar-refractivity contribution in [3.05, 3.63) is 62.5 Å². The molecule has 0 aliphatic heterocycles. The number of rotatable bonds is 2. The van der Waals surface area contributed by atoms with Crippen LogP contribution < -0.4 is 10.9 Å². The fourth-order valence-electron chi connectivity index (χ4n) is 3.00. The zero-order valence-electron chi connectivity index (χ0n) is 13.0. The Labute approximate surface area is 145 Å². The van der Waals surface area contributed by atoms with Crippen molar-refractivity contribution in [2.75, 3.05) is 5.32 Å². The molecule has 0 atom stereocenters. The lowest BCUT2D eigenvalue weighted by Crippen LogP contribution is -2.27. The maximum atomic E-state index is 13.3. The molecule has 5 nitrogen and oxygen atoms in total. The molecule has 2 aromatic heterocycles. The number of carbonyl (C=O) groups is 1. The maximum absolute atomic E-state index is 13.3. The maximum Gasteiger partial charge on any atom is 0.271 e. The largest absolute Gasteiger partial charge is 0.322 e. The van der Waals surface area contributed by atoms with Gasteiger partial charge in [-0.3, -0.25) is 14.0 Å². The van der Waals surface area contributed by atoms with Crippen LogP contribution in [0.25, 0.3) is 4.96 Å². The normalized spacial score (nSPS) is 13.7. The predicted molar refractivity (Wildman–Crippen MR) is 90.3 cm³/mol. The number of hydrogen-bond acceptors (Lipinski definition) is 4. The van der Waals surface area contributed by atoms with Crippen molar-refractivity contribution in [2.45, 2.75) is 25.7 Å². The fraction of sp³-hybridized carbons (Fsp3) is 0.235. The van der Waals surface area contributed by atoms with Crippen LogP contribution in [-0.2, 0) is 12.8 Å². The van der Waals surface area contributed by atoms with Crippen LogP contribution in [0.2, 0.25) is 0 Å². The molecule has 0 bridgehead atoms. The molecule has 1 amide bonds. The smallest absolute Gasteiger partial charge is 0.271 e. The summed E-state index contributed by atoms with van der Waals surface area (Å²) >= 11 is 1.47. The fourth-order valence-corrected chi connectivity index (χ4v) is 4.16. The number of nitrogens with zero attached hydrogens (tertiary/aromatic N) is 2. The summed E-state index contributed by atoms with van der Waals surface area (Å²) in [6.45, 7) is 0. The van der Waals surface area contributed by atoms with Gasteiger partial charge >= 0.3 is 0 Å². The second-order valence-electron chi connectivity index (χ2n) is 5.86. The van der Waals surface area contributed by atoms with Crippen LogP contribution in [0.15, 0.2) is 29.2 Å². The van der Waals surface area contributed by atoms with E-state index in [1.807, 2.05) is 0 Å². The van der Waals surface area contributed by atoms with E-state index in [1.54, 1.807) is 0 Å². The summed E-state index contributed by atoms with van der Waals surface area (Å²) < 4.78 is 27.7. The number of halogens is 2. The molecule has 0 spiro atoms. The minimum absolute atomic E-state index is 0.0701. The number of hydrogen-bond donors (Lipinski definition) is 1. The van der Waals surface area contributed by atoms with Crippen LogP contribution in [-0.4, -0.2) is 15.3 Å². The number of thiazole rings is 1. The van der Waals surface area contributed by atoms with Crippen LogP contribution in [0, 0.1) is 11.6 Å². The van der Waals surface area contributed by atoms with Gasteiger partial charge in [-0.25, -0.2) is 13.8 Å². The number of fused-ring (bicyclic) bond motifs is 3. The van der Waals surface area contributed by atoms with Crippen molar-refractivity contribution < 1.29 is 13.6 Å². The van der Waals surface area contributed by atoms with Gasteiger partial charge in [0.2, 0.25) is 0 Å². The van der Waals surface area contributed by atoms with Crippen molar-refractivity contribution >= 4 is 27.9 Å². The molecule has 1 N–H and O–H groups in total. The Bertz CT molecular complexity index is 1060. The summed E-state index contributed by atoms with van der Waals surface area (Å²) in [6.07, 6.45) is 5.01. The molecular weight excluding hydrogens is 348 g/mol. The molecule has 2 heterocycles. The number of benzene rings is 1. The van der Waals surface area contributed by atoms with Gasteiger partial charge in [-0.1, -0.05) is 0 Å². The average molecular weight is 361 g/mol. The third kappa shape index (κ3) is 2.72. The Morgan fingerprint density at radius 2 is 2.00 bits per heavy atom. The number of amides is 1. The molecule has 1 aromatic carbocycles. The first-order valence-corrected chi connectivity index (χ1v) is 8.65. The van der Waals surface area contributed by atoms with Gasteiger partial charge in [0.15, 0.2) is 16.6 Å². The Kier molecular flexibility index (Phi) is 3.84. The van der Waals surface area contributed by atoms with E-state index in [-0.39, 0.29) is 11.3 Å². The summed E-state index contributed by atoms with van der Waals surface area (Å²) in [5, 5.41) is 2.41. The summed E-state index contributed by atoms with van der Waals surface area (Å²) in [4.78, 5) is 31.1. The molecule has 1 aliphatic carbocycles. The van der Waals surface area contributed by atoms with E-state index in [1.165, 1.54) is 28.0 Å². The van der Waals surface area contributed by atoms with Crippen molar-refractivity contribution in [3.63, 3.8) is 0 Å². The molecule has 0 unspecified atom stereocenters. The number of anilines is 1. The molecular formula is C17H13F2N3O2S. The predicted octanol–water partition coefficient (Wildman–Crippen LogP) is 3.17. The minimum atomic E-state index is -1.07. The first-order chi connectivity index (χ1) is 12.0. The number of aryl methyl sites for hydroxylation is 2. The minimum Gasteiger partial charge on any atom is -0.322 e. The average Bonchev–Trinajstić information content (AvgIpc) is 2.97. The third-order valence-electron chi connectivity index (χ3n) is 4.22. The van der Waals surface area contributed by atoms with E-state index in [9.17, 15) is 18.4 Å². The molecule has 0 saturated carbocycles. The van der Waals surface area contributed by atoms with Gasteiger partial charge in [0.25, 0.3) is 11.5 Å². The summed E-state index contributed by atoms with van der Waals surface area (Å²) in [6, 6.07) is 3.00.